The third-order valence-corrected chi connectivity index (χ3v) is 3.40. The minimum atomic E-state index is -0.607. The number of hydrogen-bond donors (Lipinski definition) is 1. The van der Waals surface area contributed by atoms with Crippen molar-refractivity contribution in [1.29, 1.82) is 0 Å². The van der Waals surface area contributed by atoms with Crippen molar-refractivity contribution in [3.63, 3.8) is 0 Å². The van der Waals surface area contributed by atoms with Crippen LogP contribution in [-0.2, 0) is 4.79 Å². The monoisotopic (exact) mass is 301 g/mol. The molecule has 0 bridgehead atoms. The van der Waals surface area contributed by atoms with Crippen molar-refractivity contribution in [2.24, 2.45) is 0 Å². The maximum atomic E-state index is 12.9. The van der Waals surface area contributed by atoms with E-state index in [1.165, 1.54) is 12.1 Å². The van der Waals surface area contributed by atoms with E-state index in [0.29, 0.717) is 5.75 Å². The number of amides is 1. The standard InChI is InChI=1S/C18H20FNO2/c1-12-5-4-6-17(11-12)22-14(3)18(21)20-13(2)15-7-9-16(19)10-8-15/h4-11,13-14H,1-3H3,(H,20,21)/t13-,14-/m1/s1. The molecule has 0 aliphatic rings. The van der Waals surface area contributed by atoms with Gasteiger partial charge in [-0.15, -0.1) is 0 Å². The van der Waals surface area contributed by atoms with Crippen LogP contribution in [0.5, 0.6) is 5.75 Å². The minimum Gasteiger partial charge on any atom is -0.481 e. The highest BCUT2D eigenvalue weighted by molar-refractivity contribution is 5.81. The van der Waals surface area contributed by atoms with Gasteiger partial charge in [0, 0.05) is 0 Å². The molecule has 4 heteroatoms. The van der Waals surface area contributed by atoms with Gasteiger partial charge >= 0.3 is 0 Å². The van der Waals surface area contributed by atoms with E-state index in [-0.39, 0.29) is 17.8 Å². The number of carbonyl (C=O) groups is 1. The summed E-state index contributed by atoms with van der Waals surface area (Å²) >= 11 is 0. The lowest BCUT2D eigenvalue weighted by atomic mass is 10.1. The first kappa shape index (κ1) is 16.0. The summed E-state index contributed by atoms with van der Waals surface area (Å²) in [4.78, 5) is 12.2. The molecule has 0 aliphatic carbocycles. The van der Waals surface area contributed by atoms with Gasteiger partial charge in [0.05, 0.1) is 6.04 Å². The molecular formula is C18H20FNO2. The van der Waals surface area contributed by atoms with Crippen LogP contribution in [0.3, 0.4) is 0 Å². The van der Waals surface area contributed by atoms with Gasteiger partial charge in [-0.1, -0.05) is 24.3 Å². The van der Waals surface area contributed by atoms with Crippen LogP contribution in [0.4, 0.5) is 4.39 Å². The Kier molecular flexibility index (Phi) is 5.15. The second-order valence-electron chi connectivity index (χ2n) is 5.36. The highest BCUT2D eigenvalue weighted by atomic mass is 19.1. The number of ether oxygens (including phenoxy) is 1. The van der Waals surface area contributed by atoms with Crippen LogP contribution in [0.2, 0.25) is 0 Å². The van der Waals surface area contributed by atoms with E-state index >= 15 is 0 Å². The molecule has 0 heterocycles. The lowest BCUT2D eigenvalue weighted by molar-refractivity contribution is -0.127. The van der Waals surface area contributed by atoms with Gasteiger partial charge in [-0.2, -0.15) is 0 Å². The molecule has 0 aliphatic heterocycles. The summed E-state index contributed by atoms with van der Waals surface area (Å²) in [5.41, 5.74) is 1.92. The quantitative estimate of drug-likeness (QED) is 0.912. The average molecular weight is 301 g/mol. The van der Waals surface area contributed by atoms with E-state index in [2.05, 4.69) is 5.32 Å². The fraction of sp³-hybridized carbons (Fsp3) is 0.278. The SMILES string of the molecule is Cc1cccc(O[C@H](C)C(=O)N[C@H](C)c2ccc(F)cc2)c1. The Labute approximate surface area is 130 Å². The Balaban J connectivity index is 1.94. The number of hydrogen-bond acceptors (Lipinski definition) is 2. The van der Waals surface area contributed by atoms with E-state index in [1.54, 1.807) is 19.1 Å². The van der Waals surface area contributed by atoms with E-state index < -0.39 is 6.10 Å². The van der Waals surface area contributed by atoms with Crippen molar-refractivity contribution < 1.29 is 13.9 Å². The zero-order chi connectivity index (χ0) is 16.1. The van der Waals surface area contributed by atoms with Gasteiger partial charge < -0.3 is 10.1 Å². The second-order valence-corrected chi connectivity index (χ2v) is 5.36. The van der Waals surface area contributed by atoms with Crippen LogP contribution < -0.4 is 10.1 Å². The van der Waals surface area contributed by atoms with Crippen LogP contribution in [0.15, 0.2) is 48.5 Å². The highest BCUT2D eigenvalue weighted by Gasteiger charge is 2.17. The molecular weight excluding hydrogens is 281 g/mol. The number of halogens is 1. The normalized spacial score (nSPS) is 13.3. The molecule has 0 spiro atoms. The van der Waals surface area contributed by atoms with Crippen LogP contribution in [-0.4, -0.2) is 12.0 Å². The van der Waals surface area contributed by atoms with Gasteiger partial charge in [0.25, 0.3) is 5.91 Å². The third-order valence-electron chi connectivity index (χ3n) is 3.40. The highest BCUT2D eigenvalue weighted by Crippen LogP contribution is 2.16. The molecule has 2 aromatic rings. The molecule has 0 unspecified atom stereocenters. The van der Waals surface area contributed by atoms with Crippen LogP contribution in [0, 0.1) is 12.7 Å². The summed E-state index contributed by atoms with van der Waals surface area (Å²) in [6.07, 6.45) is -0.607. The van der Waals surface area contributed by atoms with E-state index in [0.717, 1.165) is 11.1 Å². The summed E-state index contributed by atoms with van der Waals surface area (Å²) in [6.45, 7) is 5.52. The Morgan fingerprint density at radius 3 is 2.45 bits per heavy atom. The molecule has 0 radical (unpaired) electrons. The van der Waals surface area contributed by atoms with Crippen LogP contribution in [0.25, 0.3) is 0 Å². The molecule has 2 rings (SSSR count). The number of carbonyl (C=O) groups excluding carboxylic acids is 1. The zero-order valence-corrected chi connectivity index (χ0v) is 13.0. The molecule has 22 heavy (non-hydrogen) atoms. The smallest absolute Gasteiger partial charge is 0.261 e. The number of nitrogens with one attached hydrogen (secondary N) is 1. The summed E-state index contributed by atoms with van der Waals surface area (Å²) in [6, 6.07) is 13.4. The Bertz CT molecular complexity index is 640. The Morgan fingerprint density at radius 2 is 1.82 bits per heavy atom. The summed E-state index contributed by atoms with van der Waals surface area (Å²) < 4.78 is 18.5. The predicted molar refractivity (Wildman–Crippen MR) is 84.2 cm³/mol. The van der Waals surface area contributed by atoms with Crippen LogP contribution in [0.1, 0.15) is 31.0 Å². The van der Waals surface area contributed by atoms with E-state index in [1.807, 2.05) is 38.1 Å². The minimum absolute atomic E-state index is 0.210. The third kappa shape index (κ3) is 4.32. The van der Waals surface area contributed by atoms with Crippen molar-refractivity contribution in [2.75, 3.05) is 0 Å². The first-order valence-corrected chi connectivity index (χ1v) is 7.25. The Hall–Kier alpha value is -2.36. The maximum absolute atomic E-state index is 12.9. The first-order valence-electron chi connectivity index (χ1n) is 7.25. The fourth-order valence-electron chi connectivity index (χ4n) is 2.11. The average Bonchev–Trinajstić information content (AvgIpc) is 2.47. The van der Waals surface area contributed by atoms with E-state index in [4.69, 9.17) is 4.74 Å². The number of benzene rings is 2. The van der Waals surface area contributed by atoms with Gasteiger partial charge in [0.2, 0.25) is 0 Å². The molecule has 1 N–H and O–H groups in total. The van der Waals surface area contributed by atoms with Crippen molar-refractivity contribution in [2.45, 2.75) is 32.9 Å². The summed E-state index contributed by atoms with van der Waals surface area (Å²) in [5, 5.41) is 2.86. The van der Waals surface area contributed by atoms with Gasteiger partial charge in [0.1, 0.15) is 11.6 Å². The van der Waals surface area contributed by atoms with Gasteiger partial charge in [-0.25, -0.2) is 4.39 Å². The van der Waals surface area contributed by atoms with Gasteiger partial charge in [0.15, 0.2) is 6.10 Å². The Morgan fingerprint density at radius 1 is 1.14 bits per heavy atom. The van der Waals surface area contributed by atoms with Gasteiger partial charge in [-0.3, -0.25) is 4.79 Å². The molecule has 2 aromatic carbocycles. The van der Waals surface area contributed by atoms with Crippen molar-refractivity contribution >= 4 is 5.91 Å². The lowest BCUT2D eigenvalue weighted by Gasteiger charge is -2.19. The second kappa shape index (κ2) is 7.07. The number of aryl methyl sites for hydroxylation is 1. The lowest BCUT2D eigenvalue weighted by Crippen LogP contribution is -2.37. The van der Waals surface area contributed by atoms with Crippen molar-refractivity contribution in [3.05, 3.63) is 65.5 Å². The summed E-state index contributed by atoms with van der Waals surface area (Å²) in [5.74, 6) is 0.161. The molecule has 2 atom stereocenters. The first-order chi connectivity index (χ1) is 10.5. The molecule has 3 nitrogen and oxygen atoms in total. The van der Waals surface area contributed by atoms with Gasteiger partial charge in [-0.05, 0) is 56.2 Å². The molecule has 0 aromatic heterocycles. The fourth-order valence-corrected chi connectivity index (χ4v) is 2.11. The molecule has 0 saturated heterocycles. The molecule has 0 fully saturated rings. The number of rotatable bonds is 5. The maximum Gasteiger partial charge on any atom is 0.261 e. The van der Waals surface area contributed by atoms with Crippen molar-refractivity contribution in [1.82, 2.24) is 5.32 Å². The van der Waals surface area contributed by atoms with E-state index in [9.17, 15) is 9.18 Å². The molecule has 1 amide bonds. The molecule has 116 valence electrons. The summed E-state index contributed by atoms with van der Waals surface area (Å²) in [7, 11) is 0. The largest absolute Gasteiger partial charge is 0.481 e. The topological polar surface area (TPSA) is 38.3 Å². The van der Waals surface area contributed by atoms with Crippen LogP contribution >= 0.6 is 0 Å². The molecule has 0 saturated carbocycles. The predicted octanol–water partition coefficient (Wildman–Crippen LogP) is 3.78. The van der Waals surface area contributed by atoms with Crippen molar-refractivity contribution in [3.8, 4) is 5.75 Å². The zero-order valence-electron chi connectivity index (χ0n) is 13.0.